The van der Waals surface area contributed by atoms with Gasteiger partial charge < -0.3 is 14.5 Å². The fourth-order valence-electron chi connectivity index (χ4n) is 3.51. The first kappa shape index (κ1) is 23.4. The van der Waals surface area contributed by atoms with Crippen molar-refractivity contribution in [3.63, 3.8) is 0 Å². The van der Waals surface area contributed by atoms with Crippen LogP contribution in [-0.4, -0.2) is 22.6 Å². The number of nitrogens with zero attached hydrogens (tertiary/aromatic N) is 1. The van der Waals surface area contributed by atoms with Crippen LogP contribution < -0.4 is 15.4 Å². The summed E-state index contributed by atoms with van der Waals surface area (Å²) in [4.78, 5) is 17.1. The average Bonchev–Trinajstić information content (AvgIpc) is 3.28. The van der Waals surface area contributed by atoms with Crippen LogP contribution in [0.1, 0.15) is 49.0 Å². The Morgan fingerprint density at radius 1 is 1.06 bits per heavy atom. The van der Waals surface area contributed by atoms with Crippen molar-refractivity contribution in [2.75, 3.05) is 11.9 Å². The van der Waals surface area contributed by atoms with Crippen LogP contribution in [0.5, 0.6) is 5.75 Å². The lowest BCUT2D eigenvalue weighted by Crippen LogP contribution is -2.34. The van der Waals surface area contributed by atoms with Gasteiger partial charge in [0.15, 0.2) is 10.7 Å². The highest BCUT2D eigenvalue weighted by atomic mass is 32.1. The minimum absolute atomic E-state index is 0.214. The number of ether oxygens (including phenoxy) is 1. The van der Waals surface area contributed by atoms with Gasteiger partial charge in [-0.2, -0.15) is 0 Å². The minimum Gasteiger partial charge on any atom is -0.494 e. The fourth-order valence-corrected chi connectivity index (χ4v) is 3.72. The number of carbonyl (C=O) groups excluding carboxylic acids is 1. The number of oxazole rings is 1. The molecule has 0 aliphatic carbocycles. The van der Waals surface area contributed by atoms with Crippen molar-refractivity contribution < 1.29 is 13.9 Å². The first-order valence-corrected chi connectivity index (χ1v) is 11.7. The summed E-state index contributed by atoms with van der Waals surface area (Å²) in [5.41, 5.74) is 4.98. The lowest BCUT2D eigenvalue weighted by molar-refractivity contribution is 0.0977. The van der Waals surface area contributed by atoms with Gasteiger partial charge in [-0.1, -0.05) is 19.9 Å². The van der Waals surface area contributed by atoms with Crippen molar-refractivity contribution in [3.05, 3.63) is 77.9 Å². The van der Waals surface area contributed by atoms with Gasteiger partial charge in [-0.25, -0.2) is 4.98 Å². The molecule has 4 aromatic rings. The minimum atomic E-state index is -0.291. The number of benzene rings is 3. The molecule has 2 N–H and O–H groups in total. The first-order chi connectivity index (χ1) is 16.5. The topological polar surface area (TPSA) is 76.4 Å². The number of fused-ring (bicyclic) bond motifs is 1. The van der Waals surface area contributed by atoms with Crippen LogP contribution in [0.2, 0.25) is 0 Å². The predicted octanol–water partition coefficient (Wildman–Crippen LogP) is 6.53. The van der Waals surface area contributed by atoms with Gasteiger partial charge in [0, 0.05) is 16.8 Å². The molecule has 1 atom stereocenters. The molecule has 0 saturated heterocycles. The zero-order valence-electron chi connectivity index (χ0n) is 19.4. The van der Waals surface area contributed by atoms with Crippen LogP contribution in [0.4, 0.5) is 5.69 Å². The summed E-state index contributed by atoms with van der Waals surface area (Å²) in [7, 11) is 0. The molecule has 0 aliphatic rings. The number of carbonyl (C=O) groups is 1. The van der Waals surface area contributed by atoms with E-state index in [0.717, 1.165) is 34.5 Å². The number of nitrogens with one attached hydrogen (secondary N) is 2. The maximum atomic E-state index is 12.4. The number of rotatable bonds is 7. The molecule has 0 bridgehead atoms. The van der Waals surface area contributed by atoms with E-state index in [9.17, 15) is 4.79 Å². The van der Waals surface area contributed by atoms with Gasteiger partial charge in [0.25, 0.3) is 5.91 Å². The fraction of sp³-hybridized carbons (Fsp3) is 0.222. The van der Waals surface area contributed by atoms with Crippen molar-refractivity contribution in [1.29, 1.82) is 0 Å². The Morgan fingerprint density at radius 2 is 1.79 bits per heavy atom. The van der Waals surface area contributed by atoms with Crippen LogP contribution in [0.3, 0.4) is 0 Å². The molecule has 0 saturated carbocycles. The van der Waals surface area contributed by atoms with Gasteiger partial charge in [-0.15, -0.1) is 0 Å². The van der Waals surface area contributed by atoms with Gasteiger partial charge in [0.1, 0.15) is 11.3 Å². The molecule has 34 heavy (non-hydrogen) atoms. The van der Waals surface area contributed by atoms with Crippen LogP contribution in [0.25, 0.3) is 22.6 Å². The Kier molecular flexibility index (Phi) is 7.23. The van der Waals surface area contributed by atoms with Crippen LogP contribution in [0, 0.1) is 0 Å². The highest BCUT2D eigenvalue weighted by molar-refractivity contribution is 7.80. The van der Waals surface area contributed by atoms with Crippen LogP contribution in [0.15, 0.2) is 71.1 Å². The van der Waals surface area contributed by atoms with Crippen LogP contribution in [-0.2, 0) is 0 Å². The Labute approximate surface area is 204 Å². The second-order valence-corrected chi connectivity index (χ2v) is 8.41. The maximum absolute atomic E-state index is 12.4. The summed E-state index contributed by atoms with van der Waals surface area (Å²) < 4.78 is 11.3. The molecule has 0 radical (unpaired) electrons. The van der Waals surface area contributed by atoms with E-state index in [0.29, 0.717) is 24.0 Å². The largest absolute Gasteiger partial charge is 0.494 e. The van der Waals surface area contributed by atoms with Gasteiger partial charge in [-0.3, -0.25) is 10.1 Å². The second-order valence-electron chi connectivity index (χ2n) is 8.00. The van der Waals surface area contributed by atoms with E-state index in [-0.39, 0.29) is 11.0 Å². The zero-order chi connectivity index (χ0) is 24.1. The predicted molar refractivity (Wildman–Crippen MR) is 139 cm³/mol. The molecule has 1 aromatic heterocycles. The Hall–Kier alpha value is -3.71. The summed E-state index contributed by atoms with van der Waals surface area (Å²) in [6.07, 6.45) is 1.08. The van der Waals surface area contributed by atoms with E-state index in [4.69, 9.17) is 21.4 Å². The molecule has 174 valence electrons. The second kappa shape index (κ2) is 10.5. The van der Waals surface area contributed by atoms with Gasteiger partial charge in [-0.05, 0) is 97.7 Å². The SMILES string of the molecule is CCOc1ccc(C(=O)NC(=S)Nc2ccc(-c3nc4cc(C(C)CC)ccc4o3)cc2)cc1. The summed E-state index contributed by atoms with van der Waals surface area (Å²) in [5, 5.41) is 5.93. The number of amides is 1. The van der Waals surface area contributed by atoms with E-state index >= 15 is 0 Å². The summed E-state index contributed by atoms with van der Waals surface area (Å²) >= 11 is 5.29. The number of hydrogen-bond acceptors (Lipinski definition) is 5. The molecular formula is C27H27N3O3S. The summed E-state index contributed by atoms with van der Waals surface area (Å²) in [6, 6.07) is 20.6. The van der Waals surface area contributed by atoms with E-state index < -0.39 is 0 Å². The van der Waals surface area contributed by atoms with E-state index in [2.05, 4.69) is 41.6 Å². The number of aromatic nitrogens is 1. The molecule has 0 fully saturated rings. The molecule has 1 amide bonds. The summed E-state index contributed by atoms with van der Waals surface area (Å²) in [6.45, 7) is 6.87. The Morgan fingerprint density at radius 3 is 2.47 bits per heavy atom. The first-order valence-electron chi connectivity index (χ1n) is 11.3. The Bertz CT molecular complexity index is 1300. The zero-order valence-corrected chi connectivity index (χ0v) is 20.2. The molecule has 1 unspecified atom stereocenters. The maximum Gasteiger partial charge on any atom is 0.257 e. The van der Waals surface area contributed by atoms with Gasteiger partial charge in [0.05, 0.1) is 6.61 Å². The monoisotopic (exact) mass is 473 g/mol. The van der Waals surface area contributed by atoms with Crippen molar-refractivity contribution in [2.24, 2.45) is 0 Å². The third-order valence-corrected chi connectivity index (χ3v) is 5.84. The standard InChI is InChI=1S/C27H27N3O3S/c1-4-17(3)20-10-15-24-23(16-20)29-26(33-24)19-6-11-21(12-7-19)28-27(34)30-25(31)18-8-13-22(14-9-18)32-5-2/h6-17H,4-5H2,1-3H3,(H2,28,30,31,34). The molecular weight excluding hydrogens is 446 g/mol. The lowest BCUT2D eigenvalue weighted by atomic mass is 9.98. The smallest absolute Gasteiger partial charge is 0.257 e. The average molecular weight is 474 g/mol. The molecule has 0 spiro atoms. The highest BCUT2D eigenvalue weighted by Gasteiger charge is 2.12. The van der Waals surface area contributed by atoms with E-state index in [1.54, 1.807) is 24.3 Å². The van der Waals surface area contributed by atoms with Crippen molar-refractivity contribution >= 4 is 40.0 Å². The molecule has 1 heterocycles. The molecule has 0 aliphatic heterocycles. The lowest BCUT2D eigenvalue weighted by Gasteiger charge is -2.10. The molecule has 6 nitrogen and oxygen atoms in total. The summed E-state index contributed by atoms with van der Waals surface area (Å²) in [5.74, 6) is 1.47. The number of thiocarbonyl (C=S) groups is 1. The van der Waals surface area contributed by atoms with Gasteiger partial charge in [0.2, 0.25) is 5.89 Å². The van der Waals surface area contributed by atoms with Crippen molar-refractivity contribution in [2.45, 2.75) is 33.1 Å². The quantitative estimate of drug-likeness (QED) is 0.297. The third-order valence-electron chi connectivity index (χ3n) is 5.64. The Balaban J connectivity index is 1.39. The van der Waals surface area contributed by atoms with Crippen LogP contribution >= 0.6 is 12.2 Å². The van der Waals surface area contributed by atoms with Crippen molar-refractivity contribution in [1.82, 2.24) is 10.3 Å². The number of hydrogen-bond donors (Lipinski definition) is 2. The molecule has 7 heteroatoms. The van der Waals surface area contributed by atoms with Crippen molar-refractivity contribution in [3.8, 4) is 17.2 Å². The molecule has 4 rings (SSSR count). The number of anilines is 1. The highest BCUT2D eigenvalue weighted by Crippen LogP contribution is 2.28. The molecule has 3 aromatic carbocycles. The third kappa shape index (κ3) is 5.43. The normalized spacial score (nSPS) is 11.7. The van der Waals surface area contributed by atoms with E-state index in [1.807, 2.05) is 37.3 Å². The van der Waals surface area contributed by atoms with Gasteiger partial charge >= 0.3 is 0 Å². The van der Waals surface area contributed by atoms with E-state index in [1.165, 1.54) is 5.56 Å².